The van der Waals surface area contributed by atoms with E-state index in [1.807, 2.05) is 0 Å². The summed E-state index contributed by atoms with van der Waals surface area (Å²) in [5.74, 6) is 0. The van der Waals surface area contributed by atoms with Crippen LogP contribution in [0.3, 0.4) is 0 Å². The van der Waals surface area contributed by atoms with E-state index >= 15 is 0 Å². The van der Waals surface area contributed by atoms with Crippen molar-refractivity contribution in [2.45, 2.75) is 26.9 Å². The van der Waals surface area contributed by atoms with Crippen LogP contribution < -0.4 is 0 Å². The molecule has 0 bridgehead atoms. The van der Waals surface area contributed by atoms with Crippen molar-refractivity contribution in [2.24, 2.45) is 0 Å². The Hall–Kier alpha value is -1.70. The van der Waals surface area contributed by atoms with Gasteiger partial charge in [-0.1, -0.05) is 98.4 Å². The Morgan fingerprint density at radius 2 is 0.882 bits per heavy atom. The fourth-order valence-corrected chi connectivity index (χ4v) is 4.23. The molecule has 0 N–H and O–H groups in total. The number of fused-ring (bicyclic) bond motifs is 6. The SMILES string of the molecule is C[Si]C.Cc1cc2c(ccc3ccccc32)[cH-]1.Cc1cc2c(ccc3ccccc32)[cH-]1.Cl.Cl.[Zr+2]. The van der Waals surface area contributed by atoms with E-state index in [2.05, 4.69) is 124 Å². The maximum Gasteiger partial charge on any atom is 2.00 e. The molecule has 0 aromatic heterocycles. The number of hydrogen-bond donors (Lipinski definition) is 0. The Labute approximate surface area is 237 Å². The summed E-state index contributed by atoms with van der Waals surface area (Å²) in [4.78, 5) is 0. The maximum absolute atomic E-state index is 2.26. The first kappa shape index (κ1) is 30.3. The summed E-state index contributed by atoms with van der Waals surface area (Å²) in [5.41, 5.74) is 2.69. The van der Waals surface area contributed by atoms with Gasteiger partial charge in [0, 0.05) is 9.52 Å². The van der Waals surface area contributed by atoms with Crippen LogP contribution in [0, 0.1) is 13.8 Å². The number of rotatable bonds is 0. The zero-order valence-corrected chi connectivity index (χ0v) is 25.1. The molecule has 0 unspecified atom stereocenters. The molecule has 6 aromatic carbocycles. The van der Waals surface area contributed by atoms with Crippen LogP contribution in [0.15, 0.2) is 97.1 Å². The van der Waals surface area contributed by atoms with Crippen molar-refractivity contribution in [3.63, 3.8) is 0 Å². The largest absolute Gasteiger partial charge is 2.00 e. The molecule has 0 amide bonds. The number of halogens is 2. The van der Waals surface area contributed by atoms with E-state index in [0.717, 1.165) is 9.52 Å². The quantitative estimate of drug-likeness (QED) is 0.124. The molecule has 0 spiro atoms. The second-order valence-corrected chi connectivity index (χ2v) is 9.14. The van der Waals surface area contributed by atoms with Gasteiger partial charge in [-0.15, -0.1) is 81.8 Å². The first-order chi connectivity index (χ1) is 15.1. The van der Waals surface area contributed by atoms with Gasteiger partial charge in [-0.3, -0.25) is 0 Å². The van der Waals surface area contributed by atoms with Gasteiger partial charge >= 0.3 is 26.2 Å². The summed E-state index contributed by atoms with van der Waals surface area (Å²) in [7, 11) is 1.08. The molecule has 34 heavy (non-hydrogen) atoms. The summed E-state index contributed by atoms with van der Waals surface area (Å²) < 4.78 is 0. The maximum atomic E-state index is 2.26. The van der Waals surface area contributed by atoms with E-state index < -0.39 is 0 Å². The first-order valence-corrected chi connectivity index (χ1v) is 12.8. The zero-order valence-electron chi connectivity index (χ0n) is 20.1. The van der Waals surface area contributed by atoms with Crippen molar-refractivity contribution >= 4 is 77.4 Å². The number of aryl methyl sites for hydroxylation is 2. The van der Waals surface area contributed by atoms with Gasteiger partial charge in [0.15, 0.2) is 0 Å². The van der Waals surface area contributed by atoms with Gasteiger partial charge in [-0.25, -0.2) is 0 Å². The van der Waals surface area contributed by atoms with Gasteiger partial charge in [-0.05, 0) is 10.8 Å². The zero-order chi connectivity index (χ0) is 21.8. The van der Waals surface area contributed by atoms with Gasteiger partial charge in [0.05, 0.1) is 0 Å². The molecule has 0 saturated heterocycles. The third kappa shape index (κ3) is 6.70. The second kappa shape index (κ2) is 14.0. The molecule has 0 aliphatic carbocycles. The number of benzene rings is 4. The van der Waals surface area contributed by atoms with E-state index in [4.69, 9.17) is 0 Å². The monoisotopic (exact) mass is 578 g/mol. The molecule has 0 aliphatic heterocycles. The van der Waals surface area contributed by atoms with Crippen molar-refractivity contribution in [3.05, 3.63) is 108 Å². The van der Waals surface area contributed by atoms with E-state index in [1.165, 1.54) is 54.2 Å². The summed E-state index contributed by atoms with van der Waals surface area (Å²) >= 11 is 0. The van der Waals surface area contributed by atoms with E-state index in [1.54, 1.807) is 0 Å². The van der Waals surface area contributed by atoms with Crippen molar-refractivity contribution < 1.29 is 26.2 Å². The van der Waals surface area contributed by atoms with Crippen LogP contribution in [0.4, 0.5) is 0 Å². The molecule has 0 fully saturated rings. The van der Waals surface area contributed by atoms with Gasteiger partial charge < -0.3 is 0 Å². The summed E-state index contributed by atoms with van der Waals surface area (Å²) in [5, 5.41) is 10.8. The van der Waals surface area contributed by atoms with Crippen LogP contribution in [0.25, 0.3) is 43.1 Å². The molecule has 6 rings (SSSR count). The molecular formula is C30H30Cl2SiZr. The van der Waals surface area contributed by atoms with Crippen LogP contribution in [0.2, 0.25) is 13.1 Å². The van der Waals surface area contributed by atoms with E-state index in [0.29, 0.717) is 0 Å². The summed E-state index contributed by atoms with van der Waals surface area (Å²) in [6.45, 7) is 8.60. The fourth-order valence-electron chi connectivity index (χ4n) is 4.23. The van der Waals surface area contributed by atoms with Crippen molar-refractivity contribution in [3.8, 4) is 0 Å². The second-order valence-electron chi connectivity index (χ2n) is 8.14. The van der Waals surface area contributed by atoms with Gasteiger partial charge in [-0.2, -0.15) is 12.1 Å². The Morgan fingerprint density at radius 1 is 0.529 bits per heavy atom. The predicted molar refractivity (Wildman–Crippen MR) is 156 cm³/mol. The molecule has 4 heteroatoms. The molecule has 0 saturated carbocycles. The van der Waals surface area contributed by atoms with Crippen LogP contribution in [0.1, 0.15) is 11.1 Å². The first-order valence-electron chi connectivity index (χ1n) is 10.8. The smallest absolute Gasteiger partial charge is 0.165 e. The summed E-state index contributed by atoms with van der Waals surface area (Å²) in [6, 6.07) is 34.9. The average Bonchev–Trinajstić information content (AvgIpc) is 3.36. The molecule has 2 radical (unpaired) electrons. The van der Waals surface area contributed by atoms with Crippen LogP contribution in [0.5, 0.6) is 0 Å². The number of hydrogen-bond acceptors (Lipinski definition) is 0. The van der Waals surface area contributed by atoms with Gasteiger partial charge in [0.25, 0.3) is 0 Å². The van der Waals surface area contributed by atoms with Crippen LogP contribution in [-0.2, 0) is 26.2 Å². The van der Waals surface area contributed by atoms with Crippen molar-refractivity contribution in [1.29, 1.82) is 0 Å². The Morgan fingerprint density at radius 3 is 1.26 bits per heavy atom. The Kier molecular flexibility index (Phi) is 12.5. The molecule has 172 valence electrons. The fraction of sp³-hybridized carbons (Fsp3) is 0.133. The predicted octanol–water partition coefficient (Wildman–Crippen LogP) is 9.67. The van der Waals surface area contributed by atoms with Gasteiger partial charge in [0.2, 0.25) is 0 Å². The Balaban J connectivity index is 0.000000283. The van der Waals surface area contributed by atoms with Crippen LogP contribution >= 0.6 is 24.8 Å². The Bertz CT molecular complexity index is 1350. The van der Waals surface area contributed by atoms with Gasteiger partial charge in [0.1, 0.15) is 0 Å². The molecule has 6 aromatic rings. The van der Waals surface area contributed by atoms with Crippen molar-refractivity contribution in [2.75, 3.05) is 0 Å². The van der Waals surface area contributed by atoms with Crippen LogP contribution in [-0.4, -0.2) is 9.52 Å². The molecule has 0 aliphatic rings. The topological polar surface area (TPSA) is 0 Å². The standard InChI is InChI=1S/2C14H11.C2H6Si.2ClH.Zr/c2*1-10-8-12-7-6-11-4-2-3-5-13(11)14(12)9-10;1-3-2;;;/h2*2-9H,1H3;1-2H3;2*1H;/q2*-1;;;;+2. The van der Waals surface area contributed by atoms with Crippen molar-refractivity contribution in [1.82, 2.24) is 0 Å². The molecule has 0 heterocycles. The minimum Gasteiger partial charge on any atom is -0.165 e. The average molecular weight is 581 g/mol. The third-order valence-corrected chi connectivity index (χ3v) is 5.52. The minimum absolute atomic E-state index is 0. The third-order valence-electron chi connectivity index (χ3n) is 5.52. The molecule has 0 nitrogen and oxygen atoms in total. The van der Waals surface area contributed by atoms with E-state index in [-0.39, 0.29) is 51.0 Å². The summed E-state index contributed by atoms with van der Waals surface area (Å²) in [6.07, 6.45) is 0. The molecular weight excluding hydrogens is 551 g/mol. The normalized spacial score (nSPS) is 9.76. The van der Waals surface area contributed by atoms with E-state index in [9.17, 15) is 0 Å². The molecule has 0 atom stereocenters. The minimum atomic E-state index is 0.